The maximum atomic E-state index is 8.81. The molecule has 108 valence electrons. The highest BCUT2D eigenvalue weighted by Crippen LogP contribution is 2.17. The SMILES string of the molecule is CCCCCCCCCCCNC1SC=NN1C#N. The maximum absolute atomic E-state index is 8.81. The van der Waals surface area contributed by atoms with Gasteiger partial charge in [0.15, 0.2) is 5.50 Å². The molecule has 0 aromatic heterocycles. The van der Waals surface area contributed by atoms with Crippen LogP contribution < -0.4 is 5.32 Å². The van der Waals surface area contributed by atoms with Gasteiger partial charge in [0.1, 0.15) is 0 Å². The first kappa shape index (κ1) is 16.3. The van der Waals surface area contributed by atoms with Crippen LogP contribution in [-0.2, 0) is 0 Å². The highest BCUT2D eigenvalue weighted by molar-refractivity contribution is 8.12. The zero-order valence-corrected chi connectivity index (χ0v) is 12.8. The molecule has 1 rings (SSSR count). The Bertz CT molecular complexity index is 288. The topological polar surface area (TPSA) is 51.4 Å². The third-order valence-electron chi connectivity index (χ3n) is 3.29. The minimum Gasteiger partial charge on any atom is -0.286 e. The van der Waals surface area contributed by atoms with Crippen LogP contribution in [0.15, 0.2) is 5.10 Å². The van der Waals surface area contributed by atoms with Crippen LogP contribution in [0.4, 0.5) is 0 Å². The first-order valence-electron chi connectivity index (χ1n) is 7.48. The van der Waals surface area contributed by atoms with Gasteiger partial charge in [0.2, 0.25) is 6.19 Å². The molecular weight excluding hydrogens is 256 g/mol. The molecular formula is C14H26N4S. The predicted octanol–water partition coefficient (Wildman–Crippen LogP) is 3.86. The van der Waals surface area contributed by atoms with E-state index in [4.69, 9.17) is 5.26 Å². The average molecular weight is 282 g/mol. The summed E-state index contributed by atoms with van der Waals surface area (Å²) in [5.74, 6) is 0. The number of nitriles is 1. The third kappa shape index (κ3) is 7.44. The van der Waals surface area contributed by atoms with Crippen LogP contribution in [0.1, 0.15) is 64.7 Å². The van der Waals surface area contributed by atoms with Crippen molar-refractivity contribution in [2.45, 2.75) is 70.2 Å². The van der Waals surface area contributed by atoms with E-state index >= 15 is 0 Å². The molecule has 0 aromatic carbocycles. The van der Waals surface area contributed by atoms with E-state index in [1.54, 1.807) is 17.3 Å². The van der Waals surface area contributed by atoms with Crippen LogP contribution in [0.5, 0.6) is 0 Å². The molecule has 19 heavy (non-hydrogen) atoms. The highest BCUT2D eigenvalue weighted by Gasteiger charge is 2.19. The molecule has 0 saturated heterocycles. The number of nitrogens with one attached hydrogen (secondary N) is 1. The second-order valence-corrected chi connectivity index (χ2v) is 5.87. The summed E-state index contributed by atoms with van der Waals surface area (Å²) >= 11 is 1.56. The molecule has 1 aliphatic rings. The van der Waals surface area contributed by atoms with E-state index in [0.29, 0.717) is 0 Å². The number of thioether (sulfide) groups is 1. The van der Waals surface area contributed by atoms with E-state index in [1.807, 2.05) is 0 Å². The lowest BCUT2D eigenvalue weighted by atomic mass is 10.1. The lowest BCUT2D eigenvalue weighted by molar-refractivity contribution is 0.349. The van der Waals surface area contributed by atoms with Gasteiger partial charge in [0.05, 0.1) is 5.55 Å². The van der Waals surface area contributed by atoms with Crippen LogP contribution in [-0.4, -0.2) is 22.6 Å². The first-order valence-corrected chi connectivity index (χ1v) is 8.43. The van der Waals surface area contributed by atoms with Gasteiger partial charge in [0, 0.05) is 0 Å². The van der Waals surface area contributed by atoms with Gasteiger partial charge in [-0.2, -0.15) is 15.4 Å². The second kappa shape index (κ2) is 11.1. The predicted molar refractivity (Wildman–Crippen MR) is 82.6 cm³/mol. The molecule has 1 N–H and O–H groups in total. The fourth-order valence-electron chi connectivity index (χ4n) is 2.13. The lowest BCUT2D eigenvalue weighted by Crippen LogP contribution is -2.35. The molecule has 0 amide bonds. The van der Waals surface area contributed by atoms with E-state index in [2.05, 4.69) is 23.5 Å². The van der Waals surface area contributed by atoms with Gasteiger partial charge in [-0.05, 0) is 13.0 Å². The fourth-order valence-corrected chi connectivity index (χ4v) is 2.83. The summed E-state index contributed by atoms with van der Waals surface area (Å²) in [7, 11) is 0. The molecule has 0 aromatic rings. The molecule has 0 aliphatic carbocycles. The Kier molecular flexibility index (Phi) is 9.56. The van der Waals surface area contributed by atoms with Crippen LogP contribution >= 0.6 is 11.8 Å². The normalized spacial score (nSPS) is 17.9. The largest absolute Gasteiger partial charge is 0.286 e. The van der Waals surface area contributed by atoms with Gasteiger partial charge in [-0.25, -0.2) is 0 Å². The minimum atomic E-state index is 0.0130. The number of hydrogen-bond acceptors (Lipinski definition) is 5. The number of nitrogens with zero attached hydrogens (tertiary/aromatic N) is 3. The van der Waals surface area contributed by atoms with Gasteiger partial charge in [-0.15, -0.1) is 0 Å². The Morgan fingerprint density at radius 2 is 1.79 bits per heavy atom. The van der Waals surface area contributed by atoms with Gasteiger partial charge in [-0.3, -0.25) is 5.32 Å². The van der Waals surface area contributed by atoms with E-state index in [9.17, 15) is 0 Å². The van der Waals surface area contributed by atoms with E-state index in [1.165, 1.54) is 62.8 Å². The summed E-state index contributed by atoms with van der Waals surface area (Å²) in [5.41, 5.74) is 1.73. The fraction of sp³-hybridized carbons (Fsp3) is 0.857. The summed E-state index contributed by atoms with van der Waals surface area (Å²) in [6.45, 7) is 3.23. The van der Waals surface area contributed by atoms with Crippen LogP contribution in [0.25, 0.3) is 0 Å². The van der Waals surface area contributed by atoms with E-state index in [0.717, 1.165) is 6.54 Å². The molecule has 0 spiro atoms. The Morgan fingerprint density at radius 3 is 2.42 bits per heavy atom. The van der Waals surface area contributed by atoms with Crippen LogP contribution in [0.2, 0.25) is 0 Å². The summed E-state index contributed by atoms with van der Waals surface area (Å²) in [6.07, 6.45) is 14.1. The lowest BCUT2D eigenvalue weighted by Gasteiger charge is -2.15. The standard InChI is InChI=1S/C14H26N4S/c1-2-3-4-5-6-7-8-9-10-11-16-14-18(12-15)17-13-19-14/h13-14,16H,2-11H2,1H3. The van der Waals surface area contributed by atoms with Gasteiger partial charge in [0.25, 0.3) is 0 Å². The zero-order chi connectivity index (χ0) is 13.8. The monoisotopic (exact) mass is 282 g/mol. The molecule has 4 nitrogen and oxygen atoms in total. The van der Waals surface area contributed by atoms with Crippen molar-refractivity contribution in [2.75, 3.05) is 6.54 Å². The Labute approximate surface area is 121 Å². The van der Waals surface area contributed by atoms with E-state index in [-0.39, 0.29) is 5.50 Å². The summed E-state index contributed by atoms with van der Waals surface area (Å²) in [5, 5.41) is 17.5. The maximum Gasteiger partial charge on any atom is 0.204 e. The zero-order valence-electron chi connectivity index (χ0n) is 12.0. The molecule has 0 saturated carbocycles. The molecule has 1 atom stereocenters. The number of hydrazone groups is 1. The van der Waals surface area contributed by atoms with Gasteiger partial charge in [-0.1, -0.05) is 70.1 Å². The molecule has 0 radical (unpaired) electrons. The molecule has 5 heteroatoms. The van der Waals surface area contributed by atoms with Crippen molar-refractivity contribution in [2.24, 2.45) is 5.10 Å². The summed E-state index contributed by atoms with van der Waals surface area (Å²) in [6, 6.07) is 0. The first-order chi connectivity index (χ1) is 9.38. The Balaban J connectivity index is 1.83. The van der Waals surface area contributed by atoms with Crippen molar-refractivity contribution in [3.8, 4) is 6.19 Å². The van der Waals surface area contributed by atoms with E-state index < -0.39 is 0 Å². The summed E-state index contributed by atoms with van der Waals surface area (Å²) in [4.78, 5) is 0. The highest BCUT2D eigenvalue weighted by atomic mass is 32.2. The van der Waals surface area contributed by atoms with Crippen molar-refractivity contribution >= 4 is 17.3 Å². The Hall–Kier alpha value is -0.730. The minimum absolute atomic E-state index is 0.0130. The third-order valence-corrected chi connectivity index (χ3v) is 4.13. The van der Waals surface area contributed by atoms with Crippen molar-refractivity contribution in [3.63, 3.8) is 0 Å². The second-order valence-electron chi connectivity index (χ2n) is 4.94. The quantitative estimate of drug-likeness (QED) is 0.462. The summed E-state index contributed by atoms with van der Waals surface area (Å²) < 4.78 is 0. The van der Waals surface area contributed by atoms with Crippen molar-refractivity contribution in [3.05, 3.63) is 0 Å². The number of unbranched alkanes of at least 4 members (excludes halogenated alkanes) is 8. The number of rotatable bonds is 11. The molecule has 1 unspecified atom stereocenters. The molecule has 0 bridgehead atoms. The van der Waals surface area contributed by atoms with Crippen molar-refractivity contribution in [1.29, 1.82) is 5.26 Å². The van der Waals surface area contributed by atoms with Gasteiger partial charge >= 0.3 is 0 Å². The number of hydrogen-bond donors (Lipinski definition) is 1. The van der Waals surface area contributed by atoms with Crippen LogP contribution in [0.3, 0.4) is 0 Å². The molecule has 0 fully saturated rings. The average Bonchev–Trinajstić information content (AvgIpc) is 2.88. The molecule has 1 heterocycles. The van der Waals surface area contributed by atoms with Gasteiger partial charge < -0.3 is 0 Å². The van der Waals surface area contributed by atoms with Crippen molar-refractivity contribution < 1.29 is 0 Å². The Morgan fingerprint density at radius 1 is 1.16 bits per heavy atom. The van der Waals surface area contributed by atoms with Crippen LogP contribution in [0, 0.1) is 11.5 Å². The molecule has 1 aliphatic heterocycles. The van der Waals surface area contributed by atoms with Crippen molar-refractivity contribution in [1.82, 2.24) is 10.3 Å². The smallest absolute Gasteiger partial charge is 0.204 e.